The second-order valence-corrected chi connectivity index (χ2v) is 8.60. The lowest BCUT2D eigenvalue weighted by atomic mass is 9.68. The van der Waals surface area contributed by atoms with E-state index in [0.29, 0.717) is 10.2 Å². The van der Waals surface area contributed by atoms with E-state index < -0.39 is 0 Å². The highest BCUT2D eigenvalue weighted by molar-refractivity contribution is 9.09. The molecule has 0 aromatic heterocycles. The summed E-state index contributed by atoms with van der Waals surface area (Å²) in [6.45, 7) is 7.13. The van der Waals surface area contributed by atoms with Crippen LogP contribution in [0.25, 0.3) is 0 Å². The molecular formula is C17H24BrCl. The van der Waals surface area contributed by atoms with Gasteiger partial charge in [-0.15, -0.1) is 0 Å². The third kappa shape index (κ3) is 4.23. The molecule has 0 amide bonds. The molecule has 0 nitrogen and oxygen atoms in total. The zero-order chi connectivity index (χ0) is 14.0. The van der Waals surface area contributed by atoms with Crippen molar-refractivity contribution >= 4 is 27.5 Å². The van der Waals surface area contributed by atoms with Crippen molar-refractivity contribution in [2.24, 2.45) is 17.3 Å². The van der Waals surface area contributed by atoms with Gasteiger partial charge < -0.3 is 0 Å². The molecule has 2 rings (SSSR count). The van der Waals surface area contributed by atoms with Crippen LogP contribution in [-0.4, -0.2) is 4.83 Å². The Kier molecular flexibility index (Phi) is 5.00. The van der Waals surface area contributed by atoms with Gasteiger partial charge in [-0.1, -0.05) is 60.4 Å². The van der Waals surface area contributed by atoms with Crippen molar-refractivity contribution in [1.82, 2.24) is 0 Å². The fourth-order valence-corrected chi connectivity index (χ4v) is 4.07. The van der Waals surface area contributed by atoms with Gasteiger partial charge in [0, 0.05) is 9.85 Å². The summed E-state index contributed by atoms with van der Waals surface area (Å²) in [5.74, 6) is 1.57. The van der Waals surface area contributed by atoms with Gasteiger partial charge >= 0.3 is 0 Å². The van der Waals surface area contributed by atoms with Crippen LogP contribution in [0.5, 0.6) is 0 Å². The SMILES string of the molecule is CC(C)(C)C1CCC(Br)C(Cc2cccc(Cl)c2)C1. The van der Waals surface area contributed by atoms with Crippen LogP contribution in [0.3, 0.4) is 0 Å². The number of hydrogen-bond acceptors (Lipinski definition) is 0. The van der Waals surface area contributed by atoms with E-state index >= 15 is 0 Å². The van der Waals surface area contributed by atoms with Gasteiger partial charge in [0.25, 0.3) is 0 Å². The Bertz CT molecular complexity index is 422. The van der Waals surface area contributed by atoms with E-state index in [0.717, 1.165) is 23.3 Å². The summed E-state index contributed by atoms with van der Waals surface area (Å²) < 4.78 is 0. The topological polar surface area (TPSA) is 0 Å². The molecule has 0 heterocycles. The predicted molar refractivity (Wildman–Crippen MR) is 88.2 cm³/mol. The average molecular weight is 344 g/mol. The smallest absolute Gasteiger partial charge is 0.0408 e. The molecule has 0 radical (unpaired) electrons. The van der Waals surface area contributed by atoms with Crippen molar-refractivity contribution < 1.29 is 0 Å². The first-order valence-electron chi connectivity index (χ1n) is 7.25. The molecule has 1 aliphatic rings. The highest BCUT2D eigenvalue weighted by atomic mass is 79.9. The minimum Gasteiger partial charge on any atom is -0.0888 e. The number of hydrogen-bond donors (Lipinski definition) is 0. The lowest BCUT2D eigenvalue weighted by Crippen LogP contribution is -2.33. The summed E-state index contributed by atoms with van der Waals surface area (Å²) >= 11 is 9.98. The zero-order valence-corrected chi connectivity index (χ0v) is 14.5. The maximum Gasteiger partial charge on any atom is 0.0408 e. The van der Waals surface area contributed by atoms with Crippen LogP contribution in [0.15, 0.2) is 24.3 Å². The van der Waals surface area contributed by atoms with Crippen LogP contribution >= 0.6 is 27.5 Å². The first-order chi connectivity index (χ1) is 8.86. The Hall–Kier alpha value is -0.0100. The van der Waals surface area contributed by atoms with Crippen LogP contribution in [0.4, 0.5) is 0 Å². The van der Waals surface area contributed by atoms with Crippen LogP contribution in [0.2, 0.25) is 5.02 Å². The summed E-state index contributed by atoms with van der Waals surface area (Å²) in [5, 5.41) is 0.854. The van der Waals surface area contributed by atoms with Gasteiger partial charge in [0.1, 0.15) is 0 Å². The van der Waals surface area contributed by atoms with E-state index in [-0.39, 0.29) is 0 Å². The molecule has 1 aromatic carbocycles. The Labute approximate surface area is 131 Å². The van der Waals surface area contributed by atoms with Crippen molar-refractivity contribution in [1.29, 1.82) is 0 Å². The molecule has 19 heavy (non-hydrogen) atoms. The van der Waals surface area contributed by atoms with Gasteiger partial charge in [0.05, 0.1) is 0 Å². The summed E-state index contributed by atoms with van der Waals surface area (Å²) in [6.07, 6.45) is 5.12. The van der Waals surface area contributed by atoms with Crippen LogP contribution in [-0.2, 0) is 6.42 Å². The van der Waals surface area contributed by atoms with Gasteiger partial charge in [-0.25, -0.2) is 0 Å². The summed E-state index contributed by atoms with van der Waals surface area (Å²) in [5.41, 5.74) is 1.80. The minimum absolute atomic E-state index is 0.430. The third-order valence-electron chi connectivity index (χ3n) is 4.50. The van der Waals surface area contributed by atoms with Crippen LogP contribution in [0.1, 0.15) is 45.6 Å². The van der Waals surface area contributed by atoms with E-state index in [1.54, 1.807) is 0 Å². The normalized spacial score (nSPS) is 28.4. The first-order valence-corrected chi connectivity index (χ1v) is 8.54. The molecule has 106 valence electrons. The summed E-state index contributed by atoms with van der Waals surface area (Å²) in [4.78, 5) is 0.657. The molecule has 1 aromatic rings. The average Bonchev–Trinajstić information content (AvgIpc) is 2.30. The van der Waals surface area contributed by atoms with E-state index in [1.165, 1.54) is 24.8 Å². The molecule has 2 heteroatoms. The third-order valence-corrected chi connectivity index (χ3v) is 5.94. The van der Waals surface area contributed by atoms with Crippen LogP contribution in [0, 0.1) is 17.3 Å². The van der Waals surface area contributed by atoms with E-state index in [4.69, 9.17) is 11.6 Å². The molecule has 3 atom stereocenters. The Morgan fingerprint density at radius 2 is 2.00 bits per heavy atom. The molecule has 1 aliphatic carbocycles. The zero-order valence-electron chi connectivity index (χ0n) is 12.1. The second-order valence-electron chi connectivity index (χ2n) is 6.99. The fraction of sp³-hybridized carbons (Fsp3) is 0.647. The van der Waals surface area contributed by atoms with Crippen molar-refractivity contribution in [3.05, 3.63) is 34.9 Å². The molecule has 1 fully saturated rings. The van der Waals surface area contributed by atoms with Gasteiger partial charge in [-0.2, -0.15) is 0 Å². The Balaban J connectivity index is 2.05. The quantitative estimate of drug-likeness (QED) is 0.568. The van der Waals surface area contributed by atoms with Gasteiger partial charge in [0.2, 0.25) is 0 Å². The molecule has 0 N–H and O–H groups in total. The Morgan fingerprint density at radius 1 is 1.26 bits per heavy atom. The molecule has 0 bridgehead atoms. The highest BCUT2D eigenvalue weighted by Gasteiger charge is 2.34. The molecule has 1 saturated carbocycles. The number of rotatable bonds is 2. The molecule has 3 unspecified atom stereocenters. The lowest BCUT2D eigenvalue weighted by molar-refractivity contribution is 0.146. The molecular weight excluding hydrogens is 320 g/mol. The molecule has 0 spiro atoms. The van der Waals surface area contributed by atoms with Gasteiger partial charge in [-0.3, -0.25) is 0 Å². The van der Waals surface area contributed by atoms with E-state index in [1.807, 2.05) is 6.07 Å². The number of benzene rings is 1. The first kappa shape index (κ1) is 15.4. The highest BCUT2D eigenvalue weighted by Crippen LogP contribution is 2.43. The van der Waals surface area contributed by atoms with Gasteiger partial charge in [-0.05, 0) is 60.6 Å². The standard InChI is InChI=1S/C17H24BrCl/c1-17(2,3)14-7-8-16(18)13(11-14)9-12-5-4-6-15(19)10-12/h4-6,10,13-14,16H,7-9,11H2,1-3H3. The number of halogens is 2. The van der Waals surface area contributed by atoms with Crippen LogP contribution < -0.4 is 0 Å². The fourth-order valence-electron chi connectivity index (χ4n) is 3.19. The monoisotopic (exact) mass is 342 g/mol. The van der Waals surface area contributed by atoms with E-state index in [9.17, 15) is 0 Å². The summed E-state index contributed by atoms with van der Waals surface area (Å²) in [7, 11) is 0. The van der Waals surface area contributed by atoms with Crippen molar-refractivity contribution in [2.45, 2.75) is 51.3 Å². The van der Waals surface area contributed by atoms with E-state index in [2.05, 4.69) is 54.9 Å². The van der Waals surface area contributed by atoms with Gasteiger partial charge in [0.15, 0.2) is 0 Å². The largest absolute Gasteiger partial charge is 0.0888 e. The molecule has 0 saturated heterocycles. The predicted octanol–water partition coefficient (Wildman–Crippen LogP) is 6.11. The minimum atomic E-state index is 0.430. The van der Waals surface area contributed by atoms with Crippen molar-refractivity contribution in [3.8, 4) is 0 Å². The Morgan fingerprint density at radius 3 is 2.63 bits per heavy atom. The number of alkyl halides is 1. The summed E-state index contributed by atoms with van der Waals surface area (Å²) in [6, 6.07) is 8.33. The maximum absolute atomic E-state index is 6.09. The van der Waals surface area contributed by atoms with Crippen molar-refractivity contribution in [2.75, 3.05) is 0 Å². The second kappa shape index (κ2) is 6.18. The molecule has 0 aliphatic heterocycles. The maximum atomic E-state index is 6.09. The van der Waals surface area contributed by atoms with Crippen molar-refractivity contribution in [3.63, 3.8) is 0 Å². The lowest BCUT2D eigenvalue weighted by Gasteiger charge is -2.40.